The molecule has 0 spiro atoms. The third-order valence-corrected chi connectivity index (χ3v) is 6.87. The molecule has 33 heavy (non-hydrogen) atoms. The number of nitrogens with one attached hydrogen (secondary N) is 1. The molecule has 0 unspecified atom stereocenters. The van der Waals surface area contributed by atoms with Gasteiger partial charge in [-0.2, -0.15) is 0 Å². The van der Waals surface area contributed by atoms with Gasteiger partial charge in [-0.3, -0.25) is 14.2 Å². The Morgan fingerprint density at radius 3 is 2.70 bits per heavy atom. The number of ether oxygens (including phenoxy) is 1. The van der Waals surface area contributed by atoms with Crippen LogP contribution >= 0.6 is 23.1 Å². The van der Waals surface area contributed by atoms with E-state index in [0.717, 1.165) is 22.7 Å². The molecule has 2 aromatic carbocycles. The fourth-order valence-electron chi connectivity index (χ4n) is 3.30. The topological polar surface area (TPSA) is 76.5 Å². The van der Waals surface area contributed by atoms with Crippen molar-refractivity contribution in [3.8, 4) is 5.75 Å². The van der Waals surface area contributed by atoms with E-state index in [0.29, 0.717) is 21.9 Å². The van der Waals surface area contributed by atoms with Gasteiger partial charge >= 0.3 is 0 Å². The molecule has 0 radical (unpaired) electrons. The van der Waals surface area contributed by atoms with Gasteiger partial charge in [0, 0.05) is 25.5 Å². The molecule has 1 amide bonds. The highest BCUT2D eigenvalue weighted by Gasteiger charge is 2.15. The van der Waals surface area contributed by atoms with Crippen LogP contribution in [0.4, 0.5) is 11.4 Å². The van der Waals surface area contributed by atoms with Gasteiger partial charge in [-0.1, -0.05) is 23.9 Å². The number of thioether (sulfide) groups is 1. The summed E-state index contributed by atoms with van der Waals surface area (Å²) < 4.78 is 7.53. The Bertz CT molecular complexity index is 1330. The van der Waals surface area contributed by atoms with Gasteiger partial charge in [-0.25, -0.2) is 4.98 Å². The molecular formula is C24H24N4O3S2. The zero-order valence-corrected chi connectivity index (χ0v) is 20.2. The number of benzene rings is 2. The minimum absolute atomic E-state index is 0.111. The van der Waals surface area contributed by atoms with Crippen molar-refractivity contribution in [1.82, 2.24) is 9.55 Å². The van der Waals surface area contributed by atoms with Crippen molar-refractivity contribution in [3.63, 3.8) is 0 Å². The fraction of sp³-hybridized carbons (Fsp3) is 0.208. The molecule has 2 aromatic heterocycles. The molecule has 0 saturated carbocycles. The number of hydrogen-bond acceptors (Lipinski definition) is 7. The predicted molar refractivity (Wildman–Crippen MR) is 136 cm³/mol. The first-order valence-corrected chi connectivity index (χ1v) is 12.1. The molecule has 0 saturated heterocycles. The summed E-state index contributed by atoms with van der Waals surface area (Å²) in [6, 6.07) is 17.0. The summed E-state index contributed by atoms with van der Waals surface area (Å²) in [7, 11) is 5.54. The Balaban J connectivity index is 1.54. The molecule has 0 atom stereocenters. The monoisotopic (exact) mass is 480 g/mol. The number of carbonyl (C=O) groups excluding carboxylic acids is 1. The molecule has 0 bridgehead atoms. The highest BCUT2D eigenvalue weighted by Crippen LogP contribution is 2.23. The number of aromatic nitrogens is 2. The van der Waals surface area contributed by atoms with E-state index in [1.807, 2.05) is 79.0 Å². The van der Waals surface area contributed by atoms with E-state index < -0.39 is 0 Å². The van der Waals surface area contributed by atoms with Crippen molar-refractivity contribution in [2.24, 2.45) is 0 Å². The largest absolute Gasteiger partial charge is 0.497 e. The van der Waals surface area contributed by atoms with Crippen LogP contribution in [-0.2, 0) is 11.3 Å². The standard InChI is InChI=1S/C24H24N4O3S2/c1-27(2)18-9-7-17(8-10-18)25-21(29)15-33-24-26-20-11-12-32-22(20)23(30)28(24)14-16-5-4-6-19(13-16)31-3/h4-13H,14-15H2,1-3H3,(H,25,29). The minimum Gasteiger partial charge on any atom is -0.497 e. The SMILES string of the molecule is COc1cccc(Cn2c(SCC(=O)Nc3ccc(N(C)C)cc3)nc3ccsc3c2=O)c1. The van der Waals surface area contributed by atoms with E-state index in [1.165, 1.54) is 23.1 Å². The van der Waals surface area contributed by atoms with Gasteiger partial charge in [-0.15, -0.1) is 11.3 Å². The van der Waals surface area contributed by atoms with Crippen molar-refractivity contribution in [1.29, 1.82) is 0 Å². The van der Waals surface area contributed by atoms with Crippen LogP contribution in [0.1, 0.15) is 5.56 Å². The number of thiophene rings is 1. The second-order valence-electron chi connectivity index (χ2n) is 7.55. The van der Waals surface area contributed by atoms with Gasteiger partial charge in [0.05, 0.1) is 24.9 Å². The van der Waals surface area contributed by atoms with Crippen molar-refractivity contribution in [2.45, 2.75) is 11.7 Å². The summed E-state index contributed by atoms with van der Waals surface area (Å²) in [6.45, 7) is 0.340. The molecule has 9 heteroatoms. The van der Waals surface area contributed by atoms with E-state index in [2.05, 4.69) is 10.3 Å². The summed E-state index contributed by atoms with van der Waals surface area (Å²) in [6.07, 6.45) is 0. The van der Waals surface area contributed by atoms with E-state index in [-0.39, 0.29) is 17.2 Å². The summed E-state index contributed by atoms with van der Waals surface area (Å²) in [5, 5.41) is 5.26. The second-order valence-corrected chi connectivity index (χ2v) is 9.41. The van der Waals surface area contributed by atoms with Gasteiger partial charge in [0.2, 0.25) is 5.91 Å². The van der Waals surface area contributed by atoms with Crippen molar-refractivity contribution in [3.05, 3.63) is 75.9 Å². The number of fused-ring (bicyclic) bond motifs is 1. The van der Waals surface area contributed by atoms with Crippen LogP contribution in [0.25, 0.3) is 10.2 Å². The number of carbonyl (C=O) groups is 1. The van der Waals surface area contributed by atoms with E-state index in [9.17, 15) is 9.59 Å². The van der Waals surface area contributed by atoms with Crippen LogP contribution in [-0.4, -0.2) is 42.4 Å². The average molecular weight is 481 g/mol. The lowest BCUT2D eigenvalue weighted by atomic mass is 10.2. The van der Waals surface area contributed by atoms with Gasteiger partial charge in [-0.05, 0) is 53.4 Å². The van der Waals surface area contributed by atoms with Gasteiger partial charge in [0.1, 0.15) is 10.4 Å². The van der Waals surface area contributed by atoms with Crippen LogP contribution in [0.5, 0.6) is 5.75 Å². The number of anilines is 2. The van der Waals surface area contributed by atoms with Gasteiger partial charge in [0.25, 0.3) is 5.56 Å². The lowest BCUT2D eigenvalue weighted by Crippen LogP contribution is -2.24. The molecule has 0 aliphatic heterocycles. The summed E-state index contributed by atoms with van der Waals surface area (Å²) in [5.41, 5.74) is 3.23. The zero-order valence-electron chi connectivity index (χ0n) is 18.6. The first kappa shape index (κ1) is 22.9. The van der Waals surface area contributed by atoms with Crippen LogP contribution in [0.15, 0.2) is 69.9 Å². The molecular weight excluding hydrogens is 456 g/mol. The zero-order chi connectivity index (χ0) is 23.4. The van der Waals surface area contributed by atoms with Crippen LogP contribution in [0.2, 0.25) is 0 Å². The Morgan fingerprint density at radius 2 is 1.97 bits per heavy atom. The smallest absolute Gasteiger partial charge is 0.272 e. The van der Waals surface area contributed by atoms with Crippen molar-refractivity contribution in [2.75, 3.05) is 37.2 Å². The lowest BCUT2D eigenvalue weighted by Gasteiger charge is -2.14. The van der Waals surface area contributed by atoms with Crippen LogP contribution in [0.3, 0.4) is 0 Å². The predicted octanol–water partition coefficient (Wildman–Crippen LogP) is 4.31. The first-order valence-electron chi connectivity index (χ1n) is 10.3. The number of amides is 1. The third-order valence-electron chi connectivity index (χ3n) is 5.01. The molecule has 4 rings (SSSR count). The highest BCUT2D eigenvalue weighted by molar-refractivity contribution is 7.99. The number of methoxy groups -OCH3 is 1. The normalized spacial score (nSPS) is 10.9. The van der Waals surface area contributed by atoms with E-state index >= 15 is 0 Å². The number of hydrogen-bond donors (Lipinski definition) is 1. The molecule has 0 aliphatic rings. The summed E-state index contributed by atoms with van der Waals surface area (Å²) >= 11 is 2.62. The number of rotatable bonds is 8. The van der Waals surface area contributed by atoms with Gasteiger partial charge < -0.3 is 15.0 Å². The summed E-state index contributed by atoms with van der Waals surface area (Å²) in [5.74, 6) is 0.695. The van der Waals surface area contributed by atoms with E-state index in [4.69, 9.17) is 4.74 Å². The highest BCUT2D eigenvalue weighted by atomic mass is 32.2. The average Bonchev–Trinajstić information content (AvgIpc) is 3.29. The van der Waals surface area contributed by atoms with Crippen molar-refractivity contribution < 1.29 is 9.53 Å². The maximum atomic E-state index is 13.2. The minimum atomic E-state index is -0.162. The van der Waals surface area contributed by atoms with E-state index in [1.54, 1.807) is 11.7 Å². The maximum Gasteiger partial charge on any atom is 0.272 e. The molecule has 0 fully saturated rings. The van der Waals surface area contributed by atoms with Crippen LogP contribution in [0, 0.1) is 0 Å². The lowest BCUT2D eigenvalue weighted by molar-refractivity contribution is -0.113. The molecule has 0 aliphatic carbocycles. The first-order chi connectivity index (χ1) is 15.9. The third kappa shape index (κ3) is 5.37. The second kappa shape index (κ2) is 10.1. The van der Waals surface area contributed by atoms with Crippen molar-refractivity contribution >= 4 is 50.6 Å². The Hall–Kier alpha value is -3.30. The quantitative estimate of drug-likeness (QED) is 0.299. The Morgan fingerprint density at radius 1 is 1.18 bits per heavy atom. The number of nitrogens with zero attached hydrogens (tertiary/aromatic N) is 3. The molecule has 1 N–H and O–H groups in total. The molecule has 2 heterocycles. The van der Waals surface area contributed by atoms with Crippen LogP contribution < -0.4 is 20.5 Å². The summed E-state index contributed by atoms with van der Waals surface area (Å²) in [4.78, 5) is 32.4. The molecule has 4 aromatic rings. The molecule has 7 nitrogen and oxygen atoms in total. The molecule has 170 valence electrons. The van der Waals surface area contributed by atoms with Gasteiger partial charge in [0.15, 0.2) is 5.16 Å². The Labute approximate surface area is 200 Å². The maximum absolute atomic E-state index is 13.2. The Kier molecular flexibility index (Phi) is 7.00. The fourth-order valence-corrected chi connectivity index (χ4v) is 4.87.